The lowest BCUT2D eigenvalue weighted by molar-refractivity contribution is -0.149. The number of benzene rings is 2. The molecule has 0 saturated heterocycles. The van der Waals surface area contributed by atoms with Gasteiger partial charge >= 0.3 is 5.97 Å². The number of aliphatic hydroxyl groups is 1. The number of hydrogen-bond donors (Lipinski definition) is 2. The van der Waals surface area contributed by atoms with Crippen molar-refractivity contribution in [3.63, 3.8) is 0 Å². The standard InChI is InChI=1S/C34H42N2O5S/c1-3-18-34(19-4-2)32(37)31(33(38)41-34)30(24-12-7-8-13-24)25-14-9-15-27(20-25)36-42(39,40)28-17-16-26(22-35)29(21-28)23-10-5-6-11-23/h9,14-17,20-21,23-24,30,36-37H,3-8,10-13,18-19H2,1-2H3. The molecule has 1 atom stereocenters. The third-order valence-corrected chi connectivity index (χ3v) is 10.8. The van der Waals surface area contributed by atoms with E-state index in [9.17, 15) is 23.6 Å². The van der Waals surface area contributed by atoms with Crippen LogP contribution in [0.2, 0.25) is 0 Å². The quantitative estimate of drug-likeness (QED) is 0.256. The van der Waals surface area contributed by atoms with Crippen LogP contribution in [0.1, 0.15) is 119 Å². The largest absolute Gasteiger partial charge is 0.507 e. The van der Waals surface area contributed by atoms with E-state index < -0.39 is 21.6 Å². The second-order valence-corrected chi connectivity index (χ2v) is 13.9. The smallest absolute Gasteiger partial charge is 0.339 e. The van der Waals surface area contributed by atoms with Gasteiger partial charge in [0.15, 0.2) is 5.60 Å². The minimum Gasteiger partial charge on any atom is -0.507 e. The van der Waals surface area contributed by atoms with Crippen LogP contribution in [0.5, 0.6) is 0 Å². The zero-order valence-corrected chi connectivity index (χ0v) is 25.5. The number of carbonyl (C=O) groups is 1. The molecule has 2 fully saturated rings. The van der Waals surface area contributed by atoms with E-state index in [1.54, 1.807) is 30.3 Å². The summed E-state index contributed by atoms with van der Waals surface area (Å²) in [6.45, 7) is 4.04. The summed E-state index contributed by atoms with van der Waals surface area (Å²) in [6, 6.07) is 14.2. The highest BCUT2D eigenvalue weighted by Crippen LogP contribution is 2.49. The molecule has 1 heterocycles. The second-order valence-electron chi connectivity index (χ2n) is 12.2. The van der Waals surface area contributed by atoms with Crippen molar-refractivity contribution >= 4 is 21.7 Å². The van der Waals surface area contributed by atoms with Gasteiger partial charge in [-0.05, 0) is 91.8 Å². The third kappa shape index (κ3) is 5.81. The van der Waals surface area contributed by atoms with Gasteiger partial charge in [0.05, 0.1) is 22.1 Å². The Kier molecular flexibility index (Phi) is 8.98. The van der Waals surface area contributed by atoms with Crippen LogP contribution in [0.3, 0.4) is 0 Å². The SMILES string of the molecule is CCCC1(CCC)OC(=O)C(C(c2cccc(NS(=O)(=O)c3ccc(C#N)c(C4CCCC4)c3)c2)C2CCCC2)=C1O. The summed E-state index contributed by atoms with van der Waals surface area (Å²) in [5.41, 5.74) is 1.85. The van der Waals surface area contributed by atoms with Crippen LogP contribution < -0.4 is 4.72 Å². The molecule has 0 amide bonds. The van der Waals surface area contributed by atoms with E-state index in [1.165, 1.54) is 6.07 Å². The van der Waals surface area contributed by atoms with Gasteiger partial charge in [-0.25, -0.2) is 13.2 Å². The molecule has 7 nitrogen and oxygen atoms in total. The predicted octanol–water partition coefficient (Wildman–Crippen LogP) is 8.00. The van der Waals surface area contributed by atoms with E-state index in [0.717, 1.165) is 75.3 Å². The maximum Gasteiger partial charge on any atom is 0.339 e. The van der Waals surface area contributed by atoms with Gasteiger partial charge in [-0.3, -0.25) is 4.72 Å². The minimum absolute atomic E-state index is 0.0520. The number of nitrogens with one attached hydrogen (secondary N) is 1. The second kappa shape index (κ2) is 12.5. The van der Waals surface area contributed by atoms with E-state index in [1.807, 2.05) is 19.9 Å². The van der Waals surface area contributed by atoms with Gasteiger partial charge in [0, 0.05) is 11.6 Å². The first-order valence-corrected chi connectivity index (χ1v) is 17.0. The first-order valence-electron chi connectivity index (χ1n) is 15.6. The predicted molar refractivity (Wildman–Crippen MR) is 163 cm³/mol. The molecule has 42 heavy (non-hydrogen) atoms. The Hall–Kier alpha value is -3.31. The molecule has 0 aromatic heterocycles. The highest BCUT2D eigenvalue weighted by atomic mass is 32.2. The topological polar surface area (TPSA) is 116 Å². The maximum absolute atomic E-state index is 13.6. The number of sulfonamides is 1. The summed E-state index contributed by atoms with van der Waals surface area (Å²) in [5.74, 6) is -0.451. The Balaban J connectivity index is 1.50. The normalized spacial score (nSPS) is 20.1. The van der Waals surface area contributed by atoms with E-state index in [0.29, 0.717) is 29.7 Å². The van der Waals surface area contributed by atoms with Crippen molar-refractivity contribution in [2.75, 3.05) is 4.72 Å². The van der Waals surface area contributed by atoms with Crippen LogP contribution in [0.25, 0.3) is 0 Å². The first kappa shape index (κ1) is 30.2. The fourth-order valence-electron chi connectivity index (χ4n) is 7.53. The fraction of sp³-hybridized carbons (Fsp3) is 0.529. The minimum atomic E-state index is -3.94. The van der Waals surface area contributed by atoms with Crippen molar-refractivity contribution < 1.29 is 23.1 Å². The lowest BCUT2D eigenvalue weighted by Crippen LogP contribution is -2.31. The summed E-state index contributed by atoms with van der Waals surface area (Å²) in [5, 5.41) is 21.2. The highest BCUT2D eigenvalue weighted by molar-refractivity contribution is 7.92. The molecule has 0 spiro atoms. The van der Waals surface area contributed by atoms with Gasteiger partial charge in [-0.1, -0.05) is 64.5 Å². The van der Waals surface area contributed by atoms with Crippen LogP contribution in [0.4, 0.5) is 5.69 Å². The van der Waals surface area contributed by atoms with Crippen LogP contribution >= 0.6 is 0 Å². The Labute approximate surface area is 250 Å². The van der Waals surface area contributed by atoms with Crippen molar-refractivity contribution in [3.05, 3.63) is 70.5 Å². The molecular weight excluding hydrogens is 548 g/mol. The van der Waals surface area contributed by atoms with Gasteiger partial charge in [-0.2, -0.15) is 5.26 Å². The molecule has 2 aliphatic carbocycles. The van der Waals surface area contributed by atoms with E-state index >= 15 is 0 Å². The van der Waals surface area contributed by atoms with Gasteiger partial charge < -0.3 is 9.84 Å². The van der Waals surface area contributed by atoms with Crippen LogP contribution in [-0.4, -0.2) is 25.1 Å². The van der Waals surface area contributed by atoms with E-state index in [2.05, 4.69) is 10.8 Å². The molecule has 5 rings (SSSR count). The molecule has 1 unspecified atom stereocenters. The summed E-state index contributed by atoms with van der Waals surface area (Å²) in [6.07, 6.45) is 10.7. The average Bonchev–Trinajstić information content (AvgIpc) is 3.74. The fourth-order valence-corrected chi connectivity index (χ4v) is 8.61. The average molecular weight is 591 g/mol. The molecule has 0 bridgehead atoms. The summed E-state index contributed by atoms with van der Waals surface area (Å²) in [4.78, 5) is 13.6. The highest BCUT2D eigenvalue weighted by Gasteiger charge is 2.50. The zero-order chi connectivity index (χ0) is 29.9. The Morgan fingerprint density at radius 1 is 1.02 bits per heavy atom. The number of nitriles is 1. The number of rotatable bonds is 11. The molecule has 8 heteroatoms. The van der Waals surface area contributed by atoms with Crippen LogP contribution in [-0.2, 0) is 19.6 Å². The number of anilines is 1. The van der Waals surface area contributed by atoms with Gasteiger partial charge in [0.25, 0.3) is 10.0 Å². The summed E-state index contributed by atoms with van der Waals surface area (Å²) < 4.78 is 35.9. The van der Waals surface area contributed by atoms with E-state index in [-0.39, 0.29) is 28.4 Å². The number of esters is 1. The van der Waals surface area contributed by atoms with Crippen molar-refractivity contribution in [1.29, 1.82) is 5.26 Å². The lowest BCUT2D eigenvalue weighted by Gasteiger charge is -2.28. The number of cyclic esters (lactones) is 1. The molecule has 2 saturated carbocycles. The third-order valence-electron chi connectivity index (χ3n) is 9.43. The maximum atomic E-state index is 13.6. The van der Waals surface area contributed by atoms with Crippen molar-refractivity contribution in [2.45, 2.75) is 113 Å². The van der Waals surface area contributed by atoms with Gasteiger partial charge in [0.2, 0.25) is 0 Å². The lowest BCUT2D eigenvalue weighted by atomic mass is 9.77. The Morgan fingerprint density at radius 2 is 1.69 bits per heavy atom. The molecule has 3 aliphatic rings. The molecule has 0 radical (unpaired) electrons. The molecule has 2 aromatic rings. The molecule has 224 valence electrons. The van der Waals surface area contributed by atoms with Crippen LogP contribution in [0.15, 0.2) is 58.7 Å². The Morgan fingerprint density at radius 3 is 2.33 bits per heavy atom. The van der Waals surface area contributed by atoms with Crippen LogP contribution in [0, 0.1) is 17.2 Å². The Bertz CT molecular complexity index is 1490. The van der Waals surface area contributed by atoms with E-state index in [4.69, 9.17) is 4.74 Å². The number of carbonyl (C=O) groups excluding carboxylic acids is 1. The molecule has 2 N–H and O–H groups in total. The van der Waals surface area contributed by atoms with Gasteiger partial charge in [-0.15, -0.1) is 0 Å². The van der Waals surface area contributed by atoms with Crippen molar-refractivity contribution in [3.8, 4) is 6.07 Å². The summed E-state index contributed by atoms with van der Waals surface area (Å²) >= 11 is 0. The number of hydrogen-bond acceptors (Lipinski definition) is 6. The zero-order valence-electron chi connectivity index (χ0n) is 24.7. The number of ether oxygens (including phenoxy) is 1. The number of nitrogens with zero attached hydrogens (tertiary/aromatic N) is 1. The first-order chi connectivity index (χ1) is 20.2. The molecular formula is C34H42N2O5S. The molecule has 1 aliphatic heterocycles. The number of aliphatic hydroxyl groups excluding tert-OH is 1. The molecule has 2 aromatic carbocycles. The van der Waals surface area contributed by atoms with Crippen molar-refractivity contribution in [1.82, 2.24) is 0 Å². The van der Waals surface area contributed by atoms with Crippen molar-refractivity contribution in [2.24, 2.45) is 5.92 Å². The summed E-state index contributed by atoms with van der Waals surface area (Å²) in [7, 11) is -3.94. The monoisotopic (exact) mass is 590 g/mol. The van der Waals surface area contributed by atoms with Gasteiger partial charge in [0.1, 0.15) is 5.76 Å².